The molecule has 2 aliphatic carbocycles. The number of hydrogen-bond donors (Lipinski definition) is 3. The Hall–Kier alpha value is -2.04. The summed E-state index contributed by atoms with van der Waals surface area (Å²) in [5, 5.41) is 15.1. The number of para-hydroxylation sites is 1. The first-order valence-electron chi connectivity index (χ1n) is 7.42. The molecular formula is C16H20N2O3. The number of urea groups is 1. The lowest BCUT2D eigenvalue weighted by Crippen LogP contribution is -2.48. The summed E-state index contributed by atoms with van der Waals surface area (Å²) in [6.07, 6.45) is 2.91. The van der Waals surface area contributed by atoms with Crippen LogP contribution in [-0.2, 0) is 4.79 Å². The van der Waals surface area contributed by atoms with Gasteiger partial charge >= 0.3 is 12.0 Å². The fourth-order valence-electron chi connectivity index (χ4n) is 3.88. The predicted molar refractivity (Wildman–Crippen MR) is 79.1 cm³/mol. The van der Waals surface area contributed by atoms with E-state index in [9.17, 15) is 14.7 Å². The molecule has 2 saturated carbocycles. The van der Waals surface area contributed by atoms with Gasteiger partial charge in [0.1, 0.15) is 0 Å². The minimum atomic E-state index is -0.789. The minimum absolute atomic E-state index is 0.219. The van der Waals surface area contributed by atoms with Crippen LogP contribution < -0.4 is 10.6 Å². The van der Waals surface area contributed by atoms with Gasteiger partial charge in [-0.05, 0) is 49.7 Å². The zero-order chi connectivity index (χ0) is 15.0. The molecule has 2 fully saturated rings. The number of hydrogen-bond acceptors (Lipinski definition) is 2. The van der Waals surface area contributed by atoms with Crippen LogP contribution in [0.1, 0.15) is 24.8 Å². The second-order valence-electron chi connectivity index (χ2n) is 6.14. The van der Waals surface area contributed by atoms with Crippen LogP contribution in [0.4, 0.5) is 10.5 Å². The number of carbonyl (C=O) groups is 2. The molecule has 2 amide bonds. The van der Waals surface area contributed by atoms with Crippen molar-refractivity contribution in [3.8, 4) is 0 Å². The molecule has 5 heteroatoms. The molecule has 112 valence electrons. The molecule has 21 heavy (non-hydrogen) atoms. The molecule has 4 unspecified atom stereocenters. The number of aliphatic carboxylic acids is 1. The maximum Gasteiger partial charge on any atom is 0.319 e. The number of rotatable bonds is 3. The predicted octanol–water partition coefficient (Wildman–Crippen LogP) is 2.62. The Morgan fingerprint density at radius 3 is 2.62 bits per heavy atom. The van der Waals surface area contributed by atoms with Gasteiger partial charge in [-0.2, -0.15) is 0 Å². The Morgan fingerprint density at radius 2 is 1.90 bits per heavy atom. The molecule has 3 rings (SSSR count). The Morgan fingerprint density at radius 1 is 1.19 bits per heavy atom. The number of nitrogens with one attached hydrogen (secondary N) is 2. The highest BCUT2D eigenvalue weighted by Crippen LogP contribution is 2.48. The van der Waals surface area contributed by atoms with E-state index in [1.165, 1.54) is 0 Å². The van der Waals surface area contributed by atoms with Crippen molar-refractivity contribution in [2.24, 2.45) is 17.8 Å². The normalized spacial score (nSPS) is 30.1. The van der Waals surface area contributed by atoms with Crippen LogP contribution in [0, 0.1) is 24.7 Å². The van der Waals surface area contributed by atoms with Crippen molar-refractivity contribution in [1.29, 1.82) is 0 Å². The summed E-state index contributed by atoms with van der Waals surface area (Å²) in [5.74, 6) is -0.704. The Balaban J connectivity index is 1.67. The minimum Gasteiger partial charge on any atom is -0.481 e. The van der Waals surface area contributed by atoms with Gasteiger partial charge in [0.05, 0.1) is 5.92 Å². The first kappa shape index (κ1) is 13.9. The maximum atomic E-state index is 12.1. The van der Waals surface area contributed by atoms with Crippen molar-refractivity contribution >= 4 is 17.7 Å². The molecule has 4 atom stereocenters. The number of carboxylic acids is 1. The van der Waals surface area contributed by atoms with E-state index in [2.05, 4.69) is 10.6 Å². The van der Waals surface area contributed by atoms with Gasteiger partial charge in [0.2, 0.25) is 0 Å². The molecule has 1 aromatic rings. The van der Waals surface area contributed by atoms with Gasteiger partial charge < -0.3 is 15.7 Å². The van der Waals surface area contributed by atoms with Gasteiger partial charge in [0, 0.05) is 11.7 Å². The summed E-state index contributed by atoms with van der Waals surface area (Å²) in [6.45, 7) is 1.92. The third kappa shape index (κ3) is 2.60. The summed E-state index contributed by atoms with van der Waals surface area (Å²) in [5.41, 5.74) is 1.74. The summed E-state index contributed by atoms with van der Waals surface area (Å²) in [6, 6.07) is 6.98. The number of fused-ring (bicyclic) bond motifs is 2. The van der Waals surface area contributed by atoms with Crippen molar-refractivity contribution in [3.05, 3.63) is 29.8 Å². The van der Waals surface area contributed by atoms with Gasteiger partial charge in [-0.1, -0.05) is 18.2 Å². The monoisotopic (exact) mass is 288 g/mol. The molecule has 0 spiro atoms. The van der Waals surface area contributed by atoms with Gasteiger partial charge in [-0.3, -0.25) is 4.79 Å². The third-order valence-corrected chi connectivity index (χ3v) is 4.89. The molecule has 3 N–H and O–H groups in total. The lowest BCUT2D eigenvalue weighted by Gasteiger charge is -2.29. The molecule has 0 aromatic heterocycles. The van der Waals surface area contributed by atoms with E-state index >= 15 is 0 Å². The quantitative estimate of drug-likeness (QED) is 0.800. The molecule has 0 aliphatic heterocycles. The Bertz CT molecular complexity index is 572. The van der Waals surface area contributed by atoms with Crippen molar-refractivity contribution in [2.45, 2.75) is 32.2 Å². The van der Waals surface area contributed by atoms with E-state index in [1.54, 1.807) is 0 Å². The average Bonchev–Trinajstić information content (AvgIpc) is 3.02. The molecule has 2 bridgehead atoms. The highest BCUT2D eigenvalue weighted by molar-refractivity contribution is 5.90. The SMILES string of the molecule is Cc1ccccc1NC(=O)NC1C2CCC(C2)C1C(=O)O. The lowest BCUT2D eigenvalue weighted by atomic mass is 9.84. The van der Waals surface area contributed by atoms with Crippen LogP contribution in [-0.4, -0.2) is 23.1 Å². The summed E-state index contributed by atoms with van der Waals surface area (Å²) in [7, 11) is 0. The second-order valence-corrected chi connectivity index (χ2v) is 6.14. The van der Waals surface area contributed by atoms with Crippen LogP contribution in [0.2, 0.25) is 0 Å². The van der Waals surface area contributed by atoms with Crippen molar-refractivity contribution in [1.82, 2.24) is 5.32 Å². The van der Waals surface area contributed by atoms with E-state index in [0.717, 1.165) is 30.5 Å². The average molecular weight is 288 g/mol. The van der Waals surface area contributed by atoms with Gasteiger partial charge in [0.15, 0.2) is 0 Å². The Kier molecular flexibility index (Phi) is 3.57. The second kappa shape index (κ2) is 5.39. The fraction of sp³-hybridized carbons (Fsp3) is 0.500. The largest absolute Gasteiger partial charge is 0.481 e. The molecule has 1 aromatic carbocycles. The highest BCUT2D eigenvalue weighted by atomic mass is 16.4. The van der Waals surface area contributed by atoms with Crippen LogP contribution in [0.5, 0.6) is 0 Å². The zero-order valence-electron chi connectivity index (χ0n) is 12.0. The topological polar surface area (TPSA) is 78.4 Å². The summed E-state index contributed by atoms with van der Waals surface area (Å²) >= 11 is 0. The van der Waals surface area contributed by atoms with E-state index < -0.39 is 11.9 Å². The fourth-order valence-corrected chi connectivity index (χ4v) is 3.88. The maximum absolute atomic E-state index is 12.1. The molecule has 5 nitrogen and oxygen atoms in total. The van der Waals surface area contributed by atoms with Crippen LogP contribution in [0.25, 0.3) is 0 Å². The van der Waals surface area contributed by atoms with E-state index in [-0.39, 0.29) is 18.0 Å². The van der Waals surface area contributed by atoms with Crippen LogP contribution in [0.3, 0.4) is 0 Å². The highest BCUT2D eigenvalue weighted by Gasteiger charge is 2.51. The Labute approximate surface area is 123 Å². The molecule has 0 saturated heterocycles. The van der Waals surface area contributed by atoms with E-state index in [0.29, 0.717) is 5.92 Å². The summed E-state index contributed by atoms with van der Waals surface area (Å²) in [4.78, 5) is 23.6. The molecule has 0 heterocycles. The summed E-state index contributed by atoms with van der Waals surface area (Å²) < 4.78 is 0. The zero-order valence-corrected chi connectivity index (χ0v) is 12.0. The first-order valence-corrected chi connectivity index (χ1v) is 7.42. The van der Waals surface area contributed by atoms with Crippen LogP contribution in [0.15, 0.2) is 24.3 Å². The van der Waals surface area contributed by atoms with Crippen molar-refractivity contribution in [2.75, 3.05) is 5.32 Å². The standard InChI is InChI=1S/C16H20N2O3/c1-9-4-2-3-5-12(9)17-16(21)18-14-11-7-6-10(8-11)13(14)15(19)20/h2-5,10-11,13-14H,6-8H2,1H3,(H,19,20)(H2,17,18,21). The smallest absolute Gasteiger partial charge is 0.319 e. The number of amides is 2. The lowest BCUT2D eigenvalue weighted by molar-refractivity contribution is -0.144. The van der Waals surface area contributed by atoms with Crippen molar-refractivity contribution < 1.29 is 14.7 Å². The van der Waals surface area contributed by atoms with Crippen LogP contribution >= 0.6 is 0 Å². The van der Waals surface area contributed by atoms with E-state index in [1.807, 2.05) is 31.2 Å². The molecular weight excluding hydrogens is 268 g/mol. The number of carboxylic acid groups (broad SMARTS) is 1. The number of anilines is 1. The molecule has 0 radical (unpaired) electrons. The first-order chi connectivity index (χ1) is 10.1. The van der Waals surface area contributed by atoms with Gasteiger partial charge in [-0.25, -0.2) is 4.79 Å². The van der Waals surface area contributed by atoms with Gasteiger partial charge in [0.25, 0.3) is 0 Å². The van der Waals surface area contributed by atoms with E-state index in [4.69, 9.17) is 0 Å². The van der Waals surface area contributed by atoms with Crippen molar-refractivity contribution in [3.63, 3.8) is 0 Å². The number of benzene rings is 1. The third-order valence-electron chi connectivity index (χ3n) is 4.89. The number of aryl methyl sites for hydroxylation is 1. The molecule has 2 aliphatic rings. The number of carbonyl (C=O) groups excluding carboxylic acids is 1. The van der Waals surface area contributed by atoms with Gasteiger partial charge in [-0.15, -0.1) is 0 Å².